The molecule has 1 aromatic heterocycles. The first-order valence-corrected chi connectivity index (χ1v) is 5.65. The van der Waals surface area contributed by atoms with Gasteiger partial charge < -0.3 is 9.88 Å². The van der Waals surface area contributed by atoms with Crippen molar-refractivity contribution in [3.8, 4) is 12.3 Å². The highest BCUT2D eigenvalue weighted by Gasteiger charge is 2.03. The van der Waals surface area contributed by atoms with Crippen LogP contribution in [-0.4, -0.2) is 22.2 Å². The van der Waals surface area contributed by atoms with Crippen LogP contribution in [0.2, 0.25) is 0 Å². The van der Waals surface area contributed by atoms with Crippen molar-refractivity contribution in [3.63, 3.8) is 0 Å². The van der Waals surface area contributed by atoms with Gasteiger partial charge in [0.15, 0.2) is 0 Å². The summed E-state index contributed by atoms with van der Waals surface area (Å²) in [7, 11) is 0. The SMILES string of the molecule is C#CCNCCn1c(=O)ccn(CCC)c1=O. The lowest BCUT2D eigenvalue weighted by Crippen LogP contribution is -2.41. The molecule has 0 fully saturated rings. The van der Waals surface area contributed by atoms with Crippen molar-refractivity contribution in [1.82, 2.24) is 14.5 Å². The van der Waals surface area contributed by atoms with Gasteiger partial charge in [-0.2, -0.15) is 0 Å². The monoisotopic (exact) mass is 235 g/mol. The maximum Gasteiger partial charge on any atom is 0.331 e. The highest BCUT2D eigenvalue weighted by molar-refractivity contribution is 4.88. The molecule has 5 heteroatoms. The zero-order chi connectivity index (χ0) is 12.7. The van der Waals surface area contributed by atoms with E-state index in [1.165, 1.54) is 10.6 Å². The van der Waals surface area contributed by atoms with E-state index in [0.29, 0.717) is 26.2 Å². The Morgan fingerprint density at radius 2 is 2.18 bits per heavy atom. The predicted molar refractivity (Wildman–Crippen MR) is 67.0 cm³/mol. The molecule has 17 heavy (non-hydrogen) atoms. The van der Waals surface area contributed by atoms with Crippen molar-refractivity contribution >= 4 is 0 Å². The fraction of sp³-hybridized carbons (Fsp3) is 0.500. The number of hydrogen-bond acceptors (Lipinski definition) is 3. The van der Waals surface area contributed by atoms with E-state index >= 15 is 0 Å². The molecule has 5 nitrogen and oxygen atoms in total. The first kappa shape index (κ1) is 13.3. The molecule has 1 heterocycles. The summed E-state index contributed by atoms with van der Waals surface area (Å²) in [6, 6.07) is 1.41. The van der Waals surface area contributed by atoms with Gasteiger partial charge in [0, 0.05) is 31.9 Å². The molecule has 0 spiro atoms. The van der Waals surface area contributed by atoms with Gasteiger partial charge in [-0.3, -0.25) is 9.36 Å². The molecule has 1 aromatic rings. The maximum absolute atomic E-state index is 11.9. The van der Waals surface area contributed by atoms with Crippen LogP contribution in [0.4, 0.5) is 0 Å². The van der Waals surface area contributed by atoms with Crippen LogP contribution < -0.4 is 16.6 Å². The van der Waals surface area contributed by atoms with Crippen LogP contribution >= 0.6 is 0 Å². The number of hydrogen-bond donors (Lipinski definition) is 1. The minimum absolute atomic E-state index is 0.262. The summed E-state index contributed by atoms with van der Waals surface area (Å²) >= 11 is 0. The van der Waals surface area contributed by atoms with Gasteiger partial charge in [0.25, 0.3) is 5.56 Å². The van der Waals surface area contributed by atoms with Crippen LogP contribution in [0.3, 0.4) is 0 Å². The van der Waals surface area contributed by atoms with E-state index in [4.69, 9.17) is 6.42 Å². The van der Waals surface area contributed by atoms with E-state index in [9.17, 15) is 9.59 Å². The lowest BCUT2D eigenvalue weighted by Gasteiger charge is -2.08. The Labute approximate surface area is 100 Å². The lowest BCUT2D eigenvalue weighted by molar-refractivity contribution is 0.530. The van der Waals surface area contributed by atoms with E-state index in [-0.39, 0.29) is 11.2 Å². The van der Waals surface area contributed by atoms with Crippen molar-refractivity contribution in [2.75, 3.05) is 13.1 Å². The van der Waals surface area contributed by atoms with E-state index in [2.05, 4.69) is 11.2 Å². The molecular formula is C12H17N3O2. The molecule has 0 aliphatic rings. The summed E-state index contributed by atoms with van der Waals surface area (Å²) in [6.07, 6.45) is 7.48. The second-order valence-corrected chi connectivity index (χ2v) is 3.66. The zero-order valence-electron chi connectivity index (χ0n) is 9.98. The van der Waals surface area contributed by atoms with E-state index < -0.39 is 0 Å². The number of terminal acetylenes is 1. The third kappa shape index (κ3) is 3.61. The van der Waals surface area contributed by atoms with Gasteiger partial charge in [0.2, 0.25) is 0 Å². The van der Waals surface area contributed by atoms with Crippen LogP contribution in [0.15, 0.2) is 21.9 Å². The van der Waals surface area contributed by atoms with Crippen molar-refractivity contribution in [3.05, 3.63) is 33.1 Å². The number of nitrogens with zero attached hydrogens (tertiary/aromatic N) is 2. The van der Waals surface area contributed by atoms with Crippen molar-refractivity contribution in [1.29, 1.82) is 0 Å². The lowest BCUT2D eigenvalue weighted by atomic mass is 10.4. The Balaban J connectivity index is 2.83. The number of aromatic nitrogens is 2. The first-order valence-electron chi connectivity index (χ1n) is 5.65. The molecule has 1 rings (SSSR count). The van der Waals surface area contributed by atoms with Gasteiger partial charge >= 0.3 is 5.69 Å². The molecular weight excluding hydrogens is 218 g/mol. The quantitative estimate of drug-likeness (QED) is 0.541. The zero-order valence-corrected chi connectivity index (χ0v) is 9.98. The fourth-order valence-electron chi connectivity index (χ4n) is 1.53. The van der Waals surface area contributed by atoms with Crippen molar-refractivity contribution in [2.24, 2.45) is 0 Å². The Morgan fingerprint density at radius 1 is 1.41 bits per heavy atom. The first-order chi connectivity index (χ1) is 8.20. The van der Waals surface area contributed by atoms with E-state index in [0.717, 1.165) is 6.42 Å². The summed E-state index contributed by atoms with van der Waals surface area (Å²) < 4.78 is 2.77. The Bertz CT molecular complexity index is 508. The van der Waals surface area contributed by atoms with Gasteiger partial charge in [-0.15, -0.1) is 6.42 Å². The molecule has 92 valence electrons. The number of aryl methyl sites for hydroxylation is 1. The van der Waals surface area contributed by atoms with Gasteiger partial charge in [-0.05, 0) is 6.42 Å². The molecule has 0 saturated heterocycles. The van der Waals surface area contributed by atoms with Crippen LogP contribution in [0.5, 0.6) is 0 Å². The Morgan fingerprint density at radius 3 is 2.82 bits per heavy atom. The van der Waals surface area contributed by atoms with Crippen LogP contribution in [0, 0.1) is 12.3 Å². The molecule has 0 unspecified atom stereocenters. The van der Waals surface area contributed by atoms with Crippen molar-refractivity contribution < 1.29 is 0 Å². The molecule has 0 atom stereocenters. The normalized spacial score (nSPS) is 10.1. The van der Waals surface area contributed by atoms with Crippen LogP contribution in [0.25, 0.3) is 0 Å². The highest BCUT2D eigenvalue weighted by Crippen LogP contribution is 1.83. The van der Waals surface area contributed by atoms with Crippen LogP contribution in [0.1, 0.15) is 13.3 Å². The Hall–Kier alpha value is -1.80. The van der Waals surface area contributed by atoms with Crippen molar-refractivity contribution in [2.45, 2.75) is 26.4 Å². The standard InChI is InChI=1S/C12H17N3O2/c1-3-6-13-7-10-15-11(16)5-9-14(8-4-2)12(15)17/h1,5,9,13H,4,6-8,10H2,2H3. The molecule has 1 N–H and O–H groups in total. The third-order valence-corrected chi connectivity index (χ3v) is 2.34. The third-order valence-electron chi connectivity index (χ3n) is 2.34. The largest absolute Gasteiger partial charge is 0.331 e. The summed E-state index contributed by atoms with van der Waals surface area (Å²) in [6.45, 7) is 3.89. The van der Waals surface area contributed by atoms with E-state index in [1.807, 2.05) is 6.92 Å². The fourth-order valence-corrected chi connectivity index (χ4v) is 1.53. The molecule has 0 amide bonds. The Kier molecular flexibility index (Phi) is 5.24. The topological polar surface area (TPSA) is 56.0 Å². The number of nitrogens with one attached hydrogen (secondary N) is 1. The second kappa shape index (κ2) is 6.71. The molecule has 0 aromatic carbocycles. The molecule has 0 radical (unpaired) electrons. The van der Waals surface area contributed by atoms with E-state index in [1.54, 1.807) is 10.8 Å². The average Bonchev–Trinajstić information content (AvgIpc) is 2.32. The van der Waals surface area contributed by atoms with Gasteiger partial charge in [-0.1, -0.05) is 12.8 Å². The van der Waals surface area contributed by atoms with Gasteiger partial charge in [0.1, 0.15) is 0 Å². The summed E-state index contributed by atoms with van der Waals surface area (Å²) in [5, 5.41) is 2.95. The smallest absolute Gasteiger partial charge is 0.304 e. The second-order valence-electron chi connectivity index (χ2n) is 3.66. The minimum Gasteiger partial charge on any atom is -0.304 e. The maximum atomic E-state index is 11.9. The minimum atomic E-state index is -0.273. The van der Waals surface area contributed by atoms with Gasteiger partial charge in [-0.25, -0.2) is 4.79 Å². The summed E-state index contributed by atoms with van der Waals surface area (Å²) in [5.41, 5.74) is -0.535. The summed E-state index contributed by atoms with van der Waals surface area (Å²) in [5.74, 6) is 2.43. The predicted octanol–water partition coefficient (Wildman–Crippen LogP) is -0.357. The highest BCUT2D eigenvalue weighted by atomic mass is 16.2. The van der Waals surface area contributed by atoms with Crippen LogP contribution in [-0.2, 0) is 13.1 Å². The molecule has 0 saturated carbocycles. The average molecular weight is 235 g/mol. The molecule has 0 bridgehead atoms. The number of rotatable bonds is 6. The summed E-state index contributed by atoms with van der Waals surface area (Å²) in [4.78, 5) is 23.4. The molecule has 0 aliphatic carbocycles. The molecule has 0 aliphatic heterocycles. The van der Waals surface area contributed by atoms with Gasteiger partial charge in [0.05, 0.1) is 6.54 Å².